The predicted octanol–water partition coefficient (Wildman–Crippen LogP) is 3.29. The second-order valence-electron chi connectivity index (χ2n) is 8.80. The third-order valence-electron chi connectivity index (χ3n) is 6.40. The van der Waals surface area contributed by atoms with Gasteiger partial charge in [-0.3, -0.25) is 9.59 Å². The van der Waals surface area contributed by atoms with Crippen LogP contribution in [0.2, 0.25) is 0 Å². The maximum atomic E-state index is 12.8. The number of morpholine rings is 1. The average molecular weight is 492 g/mol. The van der Waals surface area contributed by atoms with Crippen molar-refractivity contribution in [3.63, 3.8) is 0 Å². The van der Waals surface area contributed by atoms with Crippen LogP contribution in [0, 0.1) is 0 Å². The lowest BCUT2D eigenvalue weighted by Crippen LogP contribution is -2.47. The first-order valence-electron chi connectivity index (χ1n) is 11.8. The number of ether oxygens (including phenoxy) is 1. The number of nitrogens with one attached hydrogen (secondary N) is 1. The van der Waals surface area contributed by atoms with Crippen LogP contribution in [0.15, 0.2) is 54.7 Å². The summed E-state index contributed by atoms with van der Waals surface area (Å²) < 4.78 is 5.40. The molecule has 9 heteroatoms. The molecule has 0 saturated carbocycles. The van der Waals surface area contributed by atoms with Gasteiger partial charge in [0.1, 0.15) is 9.88 Å². The number of nitrogens with zero attached hydrogens (tertiary/aromatic N) is 4. The van der Waals surface area contributed by atoms with E-state index in [4.69, 9.17) is 4.74 Å². The SMILES string of the molecule is CN1CCN(C(=O)c2ccc(-c3ncc(C(=O)Nc4ccc(N5CCOCC5)cc4)s3)cc2)CC1. The molecule has 0 aliphatic carbocycles. The van der Waals surface area contributed by atoms with Crippen LogP contribution in [-0.2, 0) is 4.74 Å². The molecule has 2 aliphatic rings. The summed E-state index contributed by atoms with van der Waals surface area (Å²) in [6, 6.07) is 15.3. The lowest BCUT2D eigenvalue weighted by Gasteiger charge is -2.32. The topological polar surface area (TPSA) is 78.0 Å². The van der Waals surface area contributed by atoms with Crippen molar-refractivity contribution in [3.8, 4) is 10.6 Å². The fraction of sp³-hybridized carbons (Fsp3) is 0.346. The minimum absolute atomic E-state index is 0.0588. The van der Waals surface area contributed by atoms with E-state index in [1.165, 1.54) is 11.3 Å². The molecule has 182 valence electrons. The number of rotatable bonds is 5. The van der Waals surface area contributed by atoms with Gasteiger partial charge in [0.2, 0.25) is 0 Å². The van der Waals surface area contributed by atoms with Crippen LogP contribution >= 0.6 is 11.3 Å². The van der Waals surface area contributed by atoms with Crippen LogP contribution in [0.5, 0.6) is 0 Å². The lowest BCUT2D eigenvalue weighted by molar-refractivity contribution is 0.0664. The molecule has 0 atom stereocenters. The van der Waals surface area contributed by atoms with Crippen molar-refractivity contribution in [2.75, 3.05) is 69.7 Å². The molecule has 0 bridgehead atoms. The van der Waals surface area contributed by atoms with Crippen molar-refractivity contribution in [1.29, 1.82) is 0 Å². The largest absolute Gasteiger partial charge is 0.378 e. The second-order valence-corrected chi connectivity index (χ2v) is 9.83. The van der Waals surface area contributed by atoms with Crippen LogP contribution < -0.4 is 10.2 Å². The Hall–Kier alpha value is -3.27. The zero-order valence-electron chi connectivity index (χ0n) is 19.8. The molecule has 1 N–H and O–H groups in total. The van der Waals surface area contributed by atoms with Gasteiger partial charge in [-0.25, -0.2) is 4.98 Å². The molecule has 2 saturated heterocycles. The molecular weight excluding hydrogens is 462 g/mol. The normalized spacial score (nSPS) is 16.8. The van der Waals surface area contributed by atoms with Crippen LogP contribution in [0.4, 0.5) is 11.4 Å². The van der Waals surface area contributed by atoms with Crippen molar-refractivity contribution in [3.05, 3.63) is 65.2 Å². The number of benzene rings is 2. The van der Waals surface area contributed by atoms with Crippen molar-refractivity contribution in [1.82, 2.24) is 14.8 Å². The number of hydrogen-bond donors (Lipinski definition) is 1. The molecule has 2 amide bonds. The summed E-state index contributed by atoms with van der Waals surface area (Å²) in [5, 5.41) is 3.70. The van der Waals surface area contributed by atoms with Gasteiger partial charge in [0.15, 0.2) is 0 Å². The van der Waals surface area contributed by atoms with Gasteiger partial charge in [0, 0.05) is 61.8 Å². The van der Waals surface area contributed by atoms with Gasteiger partial charge >= 0.3 is 0 Å². The molecule has 8 nitrogen and oxygen atoms in total. The van der Waals surface area contributed by atoms with Crippen molar-refractivity contribution in [2.45, 2.75) is 0 Å². The molecule has 2 aliphatic heterocycles. The number of likely N-dealkylation sites (N-methyl/N-ethyl adjacent to an activating group) is 1. The molecule has 2 fully saturated rings. The third kappa shape index (κ3) is 5.53. The zero-order chi connectivity index (χ0) is 24.2. The number of aromatic nitrogens is 1. The van der Waals surface area contributed by atoms with E-state index < -0.39 is 0 Å². The second kappa shape index (κ2) is 10.6. The van der Waals surface area contributed by atoms with E-state index in [0.717, 1.165) is 74.4 Å². The van der Waals surface area contributed by atoms with Gasteiger partial charge in [0.25, 0.3) is 11.8 Å². The summed E-state index contributed by atoms with van der Waals surface area (Å²) in [6.45, 7) is 6.51. The Kier molecular flexibility index (Phi) is 7.08. The molecule has 3 heterocycles. The van der Waals surface area contributed by atoms with Gasteiger partial charge in [-0.15, -0.1) is 11.3 Å². The first kappa shape index (κ1) is 23.5. The molecule has 0 spiro atoms. The van der Waals surface area contributed by atoms with E-state index in [-0.39, 0.29) is 11.8 Å². The number of amides is 2. The quantitative estimate of drug-likeness (QED) is 0.590. The molecular formula is C26H29N5O3S. The molecule has 3 aromatic rings. The summed E-state index contributed by atoms with van der Waals surface area (Å²) in [4.78, 5) is 36.9. The summed E-state index contributed by atoms with van der Waals surface area (Å²) in [6.07, 6.45) is 1.60. The summed E-state index contributed by atoms with van der Waals surface area (Å²) in [7, 11) is 2.07. The van der Waals surface area contributed by atoms with E-state index in [1.807, 2.05) is 53.4 Å². The first-order valence-corrected chi connectivity index (χ1v) is 12.7. The van der Waals surface area contributed by atoms with Crippen LogP contribution in [0.3, 0.4) is 0 Å². The number of anilines is 2. The Morgan fingerprint density at radius 1 is 0.914 bits per heavy atom. The number of hydrogen-bond acceptors (Lipinski definition) is 7. The highest BCUT2D eigenvalue weighted by molar-refractivity contribution is 7.17. The first-order chi connectivity index (χ1) is 17.1. The Labute approximate surface area is 209 Å². The maximum Gasteiger partial charge on any atom is 0.267 e. The number of piperazine rings is 1. The van der Waals surface area contributed by atoms with E-state index in [2.05, 4.69) is 27.1 Å². The smallest absolute Gasteiger partial charge is 0.267 e. The molecule has 1 aromatic heterocycles. The Balaban J connectivity index is 1.20. The Bertz CT molecular complexity index is 1160. The fourth-order valence-electron chi connectivity index (χ4n) is 4.23. The molecule has 0 unspecified atom stereocenters. The molecule has 0 radical (unpaired) electrons. The van der Waals surface area contributed by atoms with Crippen LogP contribution in [0.1, 0.15) is 20.0 Å². The van der Waals surface area contributed by atoms with Crippen molar-refractivity contribution < 1.29 is 14.3 Å². The predicted molar refractivity (Wildman–Crippen MR) is 138 cm³/mol. The minimum atomic E-state index is -0.185. The number of carbonyl (C=O) groups excluding carboxylic acids is 2. The van der Waals surface area contributed by atoms with Gasteiger partial charge in [-0.05, 0) is 43.4 Å². The molecule has 35 heavy (non-hydrogen) atoms. The molecule has 2 aromatic carbocycles. The van der Waals surface area contributed by atoms with Crippen LogP contribution in [-0.4, -0.2) is 86.1 Å². The van der Waals surface area contributed by atoms with Gasteiger partial charge in [-0.1, -0.05) is 12.1 Å². The Morgan fingerprint density at radius 2 is 1.60 bits per heavy atom. The highest BCUT2D eigenvalue weighted by Gasteiger charge is 2.20. The maximum absolute atomic E-state index is 12.8. The van der Waals surface area contributed by atoms with Gasteiger partial charge < -0.3 is 24.8 Å². The fourth-order valence-corrected chi connectivity index (χ4v) is 5.05. The van der Waals surface area contributed by atoms with Crippen LogP contribution in [0.25, 0.3) is 10.6 Å². The van der Waals surface area contributed by atoms with Crippen molar-refractivity contribution in [2.24, 2.45) is 0 Å². The highest BCUT2D eigenvalue weighted by Crippen LogP contribution is 2.27. The summed E-state index contributed by atoms with van der Waals surface area (Å²) in [5.41, 5.74) is 3.43. The van der Waals surface area contributed by atoms with Gasteiger partial charge in [-0.2, -0.15) is 0 Å². The van der Waals surface area contributed by atoms with Crippen molar-refractivity contribution >= 4 is 34.5 Å². The summed E-state index contributed by atoms with van der Waals surface area (Å²) >= 11 is 1.34. The summed E-state index contributed by atoms with van der Waals surface area (Å²) in [5.74, 6) is -0.127. The monoisotopic (exact) mass is 491 g/mol. The zero-order valence-corrected chi connectivity index (χ0v) is 20.6. The average Bonchev–Trinajstić information content (AvgIpc) is 3.41. The van der Waals surface area contributed by atoms with Gasteiger partial charge in [0.05, 0.1) is 19.4 Å². The Morgan fingerprint density at radius 3 is 2.29 bits per heavy atom. The standard InChI is InChI=1S/C26H29N5O3S/c1-29-10-12-31(13-11-29)26(33)20-4-2-19(3-5-20)25-27-18-23(35-25)24(32)28-21-6-8-22(9-7-21)30-14-16-34-17-15-30/h2-9,18H,10-17H2,1H3,(H,28,32). The van der Waals surface area contributed by atoms with E-state index in [9.17, 15) is 9.59 Å². The minimum Gasteiger partial charge on any atom is -0.378 e. The number of thiazole rings is 1. The molecule has 5 rings (SSSR count). The highest BCUT2D eigenvalue weighted by atomic mass is 32.1. The van der Waals surface area contributed by atoms with E-state index in [0.29, 0.717) is 10.4 Å². The third-order valence-corrected chi connectivity index (χ3v) is 7.45. The van der Waals surface area contributed by atoms with E-state index in [1.54, 1.807) is 6.20 Å². The van der Waals surface area contributed by atoms with E-state index >= 15 is 0 Å². The number of carbonyl (C=O) groups is 2. The lowest BCUT2D eigenvalue weighted by atomic mass is 10.1.